The van der Waals surface area contributed by atoms with Crippen molar-refractivity contribution in [3.8, 4) is 0 Å². The van der Waals surface area contributed by atoms with E-state index < -0.39 is 30.3 Å². The quantitative estimate of drug-likeness (QED) is 0.321. The lowest BCUT2D eigenvalue weighted by atomic mass is 9.91. The molecule has 1 amide bonds. The van der Waals surface area contributed by atoms with Gasteiger partial charge in [-0.25, -0.2) is 18.4 Å². The van der Waals surface area contributed by atoms with Crippen LogP contribution in [0.2, 0.25) is 0 Å². The lowest BCUT2D eigenvalue weighted by Gasteiger charge is -2.19. The van der Waals surface area contributed by atoms with Crippen molar-refractivity contribution in [1.29, 1.82) is 0 Å². The van der Waals surface area contributed by atoms with Crippen LogP contribution in [0.15, 0.2) is 77.8 Å². The molecule has 2 N–H and O–H groups in total. The number of halogens is 2. The van der Waals surface area contributed by atoms with Crippen LogP contribution >= 0.6 is 0 Å². The number of rotatable bonds is 11. The van der Waals surface area contributed by atoms with Gasteiger partial charge in [0, 0.05) is 30.6 Å². The molecule has 6 nitrogen and oxygen atoms in total. The summed E-state index contributed by atoms with van der Waals surface area (Å²) in [6, 6.07) is 3.53. The van der Waals surface area contributed by atoms with Crippen LogP contribution in [0.25, 0.3) is 11.8 Å². The first kappa shape index (κ1) is 28.9. The van der Waals surface area contributed by atoms with Crippen LogP contribution in [-0.2, 0) is 4.79 Å². The molecule has 202 valence electrons. The topological polar surface area (TPSA) is 80.0 Å². The van der Waals surface area contributed by atoms with Crippen LogP contribution in [0.5, 0.6) is 0 Å². The Kier molecular flexibility index (Phi) is 9.33. The summed E-state index contributed by atoms with van der Waals surface area (Å²) in [5, 5.41) is 17.2. The number of aryl methyl sites for hydroxylation is 1. The van der Waals surface area contributed by atoms with Gasteiger partial charge in [0.05, 0.1) is 11.8 Å². The van der Waals surface area contributed by atoms with Crippen molar-refractivity contribution in [2.24, 2.45) is 5.92 Å². The molecule has 2 atom stereocenters. The highest BCUT2D eigenvalue weighted by molar-refractivity contribution is 5.94. The second kappa shape index (κ2) is 12.3. The minimum absolute atomic E-state index is 0.234. The summed E-state index contributed by atoms with van der Waals surface area (Å²) in [7, 11) is 0. The second-order valence-electron chi connectivity index (χ2n) is 9.47. The Morgan fingerprint density at radius 2 is 2.08 bits per heavy atom. The summed E-state index contributed by atoms with van der Waals surface area (Å²) in [5.74, 6) is -4.71. The lowest BCUT2D eigenvalue weighted by Crippen LogP contribution is -2.18. The Bertz CT molecular complexity index is 1300. The Morgan fingerprint density at radius 3 is 2.61 bits per heavy atom. The smallest absolute Gasteiger partial charge is 0.260 e. The molecule has 2 aromatic rings. The zero-order chi connectivity index (χ0) is 28.0. The number of allylic oxidation sites excluding steroid dienone is 6. The fourth-order valence-corrected chi connectivity index (χ4v) is 4.18. The Hall–Kier alpha value is -3.65. The van der Waals surface area contributed by atoms with E-state index in [9.17, 15) is 18.7 Å². The fourth-order valence-electron chi connectivity index (χ4n) is 4.18. The molecule has 3 rings (SSSR count). The number of amides is 1. The molecule has 1 aliphatic rings. The van der Waals surface area contributed by atoms with Gasteiger partial charge in [0.15, 0.2) is 0 Å². The van der Waals surface area contributed by atoms with E-state index in [2.05, 4.69) is 28.1 Å². The van der Waals surface area contributed by atoms with E-state index in [4.69, 9.17) is 0 Å². The Labute approximate surface area is 223 Å². The molecule has 2 aromatic heterocycles. The molecular weight excluding hydrogens is 486 g/mol. The third kappa shape index (κ3) is 6.81. The number of anilines is 1. The molecule has 0 radical (unpaired) electrons. The van der Waals surface area contributed by atoms with Crippen LogP contribution in [0.3, 0.4) is 0 Å². The van der Waals surface area contributed by atoms with E-state index in [1.807, 2.05) is 65.1 Å². The van der Waals surface area contributed by atoms with Crippen molar-refractivity contribution >= 4 is 23.5 Å². The number of carbonyl (C=O) groups excluding carboxylic acids is 1. The minimum atomic E-state index is -2.93. The van der Waals surface area contributed by atoms with Crippen molar-refractivity contribution in [3.63, 3.8) is 0 Å². The van der Waals surface area contributed by atoms with Crippen molar-refractivity contribution in [3.05, 3.63) is 88.9 Å². The largest absolute Gasteiger partial charge is 0.388 e. The van der Waals surface area contributed by atoms with Crippen molar-refractivity contribution in [2.45, 2.75) is 65.9 Å². The van der Waals surface area contributed by atoms with Gasteiger partial charge in [-0.15, -0.1) is 0 Å². The van der Waals surface area contributed by atoms with Crippen LogP contribution in [0.1, 0.15) is 58.1 Å². The molecule has 38 heavy (non-hydrogen) atoms. The molecular formula is C30H36F2N4O2. The molecule has 2 heterocycles. The van der Waals surface area contributed by atoms with Gasteiger partial charge in [-0.3, -0.25) is 4.79 Å². The average Bonchev–Trinajstić information content (AvgIpc) is 3.24. The zero-order valence-corrected chi connectivity index (χ0v) is 22.6. The number of nitrogens with one attached hydrogen (secondary N) is 1. The van der Waals surface area contributed by atoms with E-state index in [-0.39, 0.29) is 5.82 Å². The van der Waals surface area contributed by atoms with Gasteiger partial charge in [0.25, 0.3) is 5.92 Å². The summed E-state index contributed by atoms with van der Waals surface area (Å²) in [5.41, 5.74) is 5.83. The number of carbonyl (C=O) groups is 1. The number of pyridine rings is 1. The monoisotopic (exact) mass is 522 g/mol. The number of aromatic nitrogens is 3. The highest BCUT2D eigenvalue weighted by Gasteiger charge is 2.61. The Balaban J connectivity index is 2.06. The lowest BCUT2D eigenvalue weighted by molar-refractivity contribution is -0.119. The van der Waals surface area contributed by atoms with Gasteiger partial charge in [0.2, 0.25) is 5.91 Å². The molecule has 8 heteroatoms. The summed E-state index contributed by atoms with van der Waals surface area (Å²) in [6.07, 6.45) is 13.5. The van der Waals surface area contributed by atoms with Gasteiger partial charge in [-0.1, -0.05) is 38.7 Å². The molecule has 0 bridgehead atoms. The van der Waals surface area contributed by atoms with Gasteiger partial charge >= 0.3 is 0 Å². The Morgan fingerprint density at radius 1 is 1.37 bits per heavy atom. The molecule has 0 aliphatic heterocycles. The third-order valence-corrected chi connectivity index (χ3v) is 6.49. The first-order valence-electron chi connectivity index (χ1n) is 12.8. The predicted molar refractivity (Wildman–Crippen MR) is 148 cm³/mol. The van der Waals surface area contributed by atoms with Crippen LogP contribution in [-0.4, -0.2) is 37.8 Å². The minimum Gasteiger partial charge on any atom is -0.388 e. The molecule has 2 unspecified atom stereocenters. The number of alkyl halides is 2. The summed E-state index contributed by atoms with van der Waals surface area (Å²) < 4.78 is 28.4. The fraction of sp³-hybridized carbons (Fsp3) is 0.367. The third-order valence-electron chi connectivity index (χ3n) is 6.49. The molecule has 1 aliphatic carbocycles. The zero-order valence-electron chi connectivity index (χ0n) is 22.6. The number of aliphatic hydroxyl groups is 1. The van der Waals surface area contributed by atoms with Crippen LogP contribution in [0, 0.1) is 12.8 Å². The average molecular weight is 523 g/mol. The highest BCUT2D eigenvalue weighted by atomic mass is 19.3. The summed E-state index contributed by atoms with van der Waals surface area (Å²) >= 11 is 0. The van der Waals surface area contributed by atoms with Gasteiger partial charge < -0.3 is 10.4 Å². The maximum atomic E-state index is 13.3. The van der Waals surface area contributed by atoms with Gasteiger partial charge in [-0.2, -0.15) is 5.10 Å². The molecule has 0 saturated heterocycles. The number of nitrogens with zero attached hydrogens (tertiary/aromatic N) is 3. The van der Waals surface area contributed by atoms with E-state index in [0.29, 0.717) is 12.0 Å². The molecule has 1 saturated carbocycles. The molecule has 0 spiro atoms. The highest BCUT2D eigenvalue weighted by Crippen LogP contribution is 2.49. The SMILES string of the molecule is C=C(\C=C(C)/C(=C\C)C(=C/c1cnc(NC(=O)C2CC2(F)F)cc1C)/C(=C/CC)n1cccn1)C(O)CC. The van der Waals surface area contributed by atoms with E-state index >= 15 is 0 Å². The maximum absolute atomic E-state index is 13.3. The van der Waals surface area contributed by atoms with Gasteiger partial charge in [-0.05, 0) is 79.7 Å². The first-order valence-corrected chi connectivity index (χ1v) is 12.8. The number of aliphatic hydroxyl groups excluding tert-OH is 1. The normalized spacial score (nSPS) is 18.8. The standard InChI is InChI=1S/C30H36F2N4O2/c1-7-11-26(36-13-10-12-34-36)24(23(8-2)20(5)14-21(6)27(37)9-3)16-22-18-33-28(15-19(22)4)35-29(38)25-17-30(25,31)32/h8,10-16,18,25,27,37H,6-7,9,17H2,1-5H3,(H,33,35,38)/b20-14-,23-8+,24-16-,26-11-. The summed E-state index contributed by atoms with van der Waals surface area (Å²) in [6.45, 7) is 13.8. The van der Waals surface area contributed by atoms with E-state index in [0.717, 1.165) is 40.0 Å². The van der Waals surface area contributed by atoms with E-state index in [1.165, 1.54) is 0 Å². The van der Waals surface area contributed by atoms with E-state index in [1.54, 1.807) is 23.1 Å². The summed E-state index contributed by atoms with van der Waals surface area (Å²) in [4.78, 5) is 16.4. The van der Waals surface area contributed by atoms with Crippen LogP contribution in [0.4, 0.5) is 14.6 Å². The molecule has 1 fully saturated rings. The first-order chi connectivity index (χ1) is 18.0. The van der Waals surface area contributed by atoms with Crippen molar-refractivity contribution in [2.75, 3.05) is 5.32 Å². The number of hydrogen-bond donors (Lipinski definition) is 2. The van der Waals surface area contributed by atoms with Crippen molar-refractivity contribution < 1.29 is 18.7 Å². The van der Waals surface area contributed by atoms with Crippen molar-refractivity contribution in [1.82, 2.24) is 14.8 Å². The molecule has 0 aromatic carbocycles. The van der Waals surface area contributed by atoms with Crippen LogP contribution < -0.4 is 5.32 Å². The maximum Gasteiger partial charge on any atom is 0.260 e. The predicted octanol–water partition coefficient (Wildman–Crippen LogP) is 6.73. The van der Waals surface area contributed by atoms with Gasteiger partial charge in [0.1, 0.15) is 11.7 Å². The number of hydrogen-bond acceptors (Lipinski definition) is 4. The second-order valence-corrected chi connectivity index (χ2v) is 9.47.